The standard InChI is InChI=1S/C10H12N2O2/c1-2-9-11-7(6-3-4-6)5-8(12-9)10(13)14/h5-6H,2-4H2,1H3,(H,13,14). The molecule has 4 nitrogen and oxygen atoms in total. The van der Waals surface area contributed by atoms with Crippen LogP contribution in [0.3, 0.4) is 0 Å². The minimum absolute atomic E-state index is 0.124. The summed E-state index contributed by atoms with van der Waals surface area (Å²) in [4.78, 5) is 19.0. The molecule has 1 heterocycles. The topological polar surface area (TPSA) is 63.1 Å². The van der Waals surface area contributed by atoms with E-state index in [9.17, 15) is 4.79 Å². The molecule has 0 aromatic carbocycles. The molecule has 1 saturated carbocycles. The predicted molar refractivity (Wildman–Crippen MR) is 50.3 cm³/mol. The first-order valence-corrected chi connectivity index (χ1v) is 4.82. The fourth-order valence-electron chi connectivity index (χ4n) is 1.37. The van der Waals surface area contributed by atoms with E-state index in [1.807, 2.05) is 6.92 Å². The van der Waals surface area contributed by atoms with Crippen LogP contribution in [0.1, 0.15) is 47.7 Å². The molecule has 1 aromatic rings. The quantitative estimate of drug-likeness (QED) is 0.790. The molecular weight excluding hydrogens is 180 g/mol. The van der Waals surface area contributed by atoms with Crippen LogP contribution in [-0.2, 0) is 6.42 Å². The summed E-state index contributed by atoms with van der Waals surface area (Å²) in [7, 11) is 0. The average molecular weight is 192 g/mol. The second-order valence-corrected chi connectivity index (χ2v) is 3.53. The van der Waals surface area contributed by atoms with Crippen molar-refractivity contribution in [3.05, 3.63) is 23.3 Å². The van der Waals surface area contributed by atoms with E-state index < -0.39 is 5.97 Å². The SMILES string of the molecule is CCc1nc(C(=O)O)cc(C2CC2)n1. The summed E-state index contributed by atoms with van der Waals surface area (Å²) in [5.41, 5.74) is 1.02. The van der Waals surface area contributed by atoms with Crippen LogP contribution in [0, 0.1) is 0 Å². The van der Waals surface area contributed by atoms with E-state index in [2.05, 4.69) is 9.97 Å². The number of carbonyl (C=O) groups is 1. The largest absolute Gasteiger partial charge is 0.477 e. The molecule has 1 aliphatic carbocycles. The molecule has 1 aromatic heterocycles. The molecule has 0 atom stereocenters. The minimum Gasteiger partial charge on any atom is -0.477 e. The Hall–Kier alpha value is -1.45. The van der Waals surface area contributed by atoms with Gasteiger partial charge in [0.1, 0.15) is 5.82 Å². The summed E-state index contributed by atoms with van der Waals surface area (Å²) in [6.45, 7) is 1.93. The van der Waals surface area contributed by atoms with Gasteiger partial charge in [-0.3, -0.25) is 0 Å². The summed E-state index contributed by atoms with van der Waals surface area (Å²) >= 11 is 0. The van der Waals surface area contributed by atoms with Gasteiger partial charge in [0.25, 0.3) is 0 Å². The molecule has 0 radical (unpaired) electrons. The van der Waals surface area contributed by atoms with Crippen molar-refractivity contribution in [1.82, 2.24) is 9.97 Å². The van der Waals surface area contributed by atoms with Gasteiger partial charge in [-0.1, -0.05) is 6.92 Å². The molecular formula is C10H12N2O2. The highest BCUT2D eigenvalue weighted by Crippen LogP contribution is 2.39. The third-order valence-electron chi connectivity index (χ3n) is 2.32. The number of aromatic carboxylic acids is 1. The van der Waals surface area contributed by atoms with Crippen LogP contribution >= 0.6 is 0 Å². The van der Waals surface area contributed by atoms with Crippen LogP contribution in [0.2, 0.25) is 0 Å². The van der Waals surface area contributed by atoms with E-state index in [0.29, 0.717) is 18.2 Å². The summed E-state index contributed by atoms with van der Waals surface area (Å²) < 4.78 is 0. The third-order valence-corrected chi connectivity index (χ3v) is 2.32. The first kappa shape index (κ1) is 9.12. The van der Waals surface area contributed by atoms with Crippen LogP contribution in [0.25, 0.3) is 0 Å². The number of rotatable bonds is 3. The first-order chi connectivity index (χ1) is 6.70. The van der Waals surface area contributed by atoms with E-state index >= 15 is 0 Å². The van der Waals surface area contributed by atoms with Gasteiger partial charge in [-0.15, -0.1) is 0 Å². The molecule has 74 valence electrons. The van der Waals surface area contributed by atoms with Gasteiger partial charge in [-0.2, -0.15) is 0 Å². The maximum atomic E-state index is 10.8. The Kier molecular flexibility index (Phi) is 2.19. The van der Waals surface area contributed by atoms with Crippen molar-refractivity contribution < 1.29 is 9.90 Å². The highest BCUT2D eigenvalue weighted by Gasteiger charge is 2.26. The van der Waals surface area contributed by atoms with Crippen molar-refractivity contribution in [2.24, 2.45) is 0 Å². The van der Waals surface area contributed by atoms with E-state index in [1.165, 1.54) is 0 Å². The molecule has 14 heavy (non-hydrogen) atoms. The fourth-order valence-corrected chi connectivity index (χ4v) is 1.37. The number of nitrogens with zero attached hydrogens (tertiary/aromatic N) is 2. The van der Waals surface area contributed by atoms with E-state index in [1.54, 1.807) is 6.07 Å². The highest BCUT2D eigenvalue weighted by atomic mass is 16.4. The Labute approximate surface area is 82.0 Å². The Morgan fingerprint density at radius 2 is 2.29 bits per heavy atom. The number of carboxylic acid groups (broad SMARTS) is 1. The summed E-state index contributed by atoms with van der Waals surface area (Å²) in [5, 5.41) is 8.84. The van der Waals surface area contributed by atoms with Crippen LogP contribution in [0.15, 0.2) is 6.07 Å². The lowest BCUT2D eigenvalue weighted by Crippen LogP contribution is -2.07. The van der Waals surface area contributed by atoms with Crippen LogP contribution in [0.5, 0.6) is 0 Å². The van der Waals surface area contributed by atoms with Gasteiger partial charge in [-0.05, 0) is 18.9 Å². The Bertz CT molecular complexity index is 372. The van der Waals surface area contributed by atoms with Crippen molar-refractivity contribution in [3.8, 4) is 0 Å². The summed E-state index contributed by atoms with van der Waals surface area (Å²) in [6.07, 6.45) is 2.93. The van der Waals surface area contributed by atoms with Gasteiger partial charge in [0, 0.05) is 18.0 Å². The van der Waals surface area contributed by atoms with E-state index in [0.717, 1.165) is 18.5 Å². The first-order valence-electron chi connectivity index (χ1n) is 4.82. The van der Waals surface area contributed by atoms with Gasteiger partial charge in [0.15, 0.2) is 5.69 Å². The molecule has 2 rings (SSSR count). The average Bonchev–Trinajstić information content (AvgIpc) is 3.00. The molecule has 0 amide bonds. The van der Waals surface area contributed by atoms with E-state index in [4.69, 9.17) is 5.11 Å². The molecule has 1 N–H and O–H groups in total. The van der Waals surface area contributed by atoms with Crippen molar-refractivity contribution in [3.63, 3.8) is 0 Å². The smallest absolute Gasteiger partial charge is 0.354 e. The highest BCUT2D eigenvalue weighted by molar-refractivity contribution is 5.85. The molecule has 1 aliphatic rings. The molecule has 1 fully saturated rings. The monoisotopic (exact) mass is 192 g/mol. The number of aromatic nitrogens is 2. The summed E-state index contributed by atoms with van der Waals surface area (Å²) in [5.74, 6) is 0.136. The van der Waals surface area contributed by atoms with Gasteiger partial charge >= 0.3 is 5.97 Å². The number of carboxylic acids is 1. The Morgan fingerprint density at radius 1 is 1.57 bits per heavy atom. The Balaban J connectivity index is 2.40. The van der Waals surface area contributed by atoms with Crippen LogP contribution in [0.4, 0.5) is 0 Å². The van der Waals surface area contributed by atoms with Crippen molar-refractivity contribution in [1.29, 1.82) is 0 Å². The second-order valence-electron chi connectivity index (χ2n) is 3.53. The zero-order valence-corrected chi connectivity index (χ0v) is 8.03. The zero-order valence-electron chi connectivity index (χ0n) is 8.03. The maximum absolute atomic E-state index is 10.8. The molecule has 0 unspecified atom stereocenters. The summed E-state index contributed by atoms with van der Waals surface area (Å²) in [6, 6.07) is 1.60. The lowest BCUT2D eigenvalue weighted by atomic mass is 10.2. The lowest BCUT2D eigenvalue weighted by molar-refractivity contribution is 0.0689. The predicted octanol–water partition coefficient (Wildman–Crippen LogP) is 1.61. The number of hydrogen-bond acceptors (Lipinski definition) is 3. The number of aryl methyl sites for hydroxylation is 1. The van der Waals surface area contributed by atoms with Gasteiger partial charge in [0.2, 0.25) is 0 Å². The Morgan fingerprint density at radius 3 is 2.79 bits per heavy atom. The van der Waals surface area contributed by atoms with Gasteiger partial charge < -0.3 is 5.11 Å². The number of hydrogen-bond donors (Lipinski definition) is 1. The molecule has 0 spiro atoms. The molecule has 0 aliphatic heterocycles. The van der Waals surface area contributed by atoms with Crippen molar-refractivity contribution in [2.45, 2.75) is 32.1 Å². The van der Waals surface area contributed by atoms with Crippen LogP contribution < -0.4 is 0 Å². The van der Waals surface area contributed by atoms with Gasteiger partial charge in [-0.25, -0.2) is 14.8 Å². The minimum atomic E-state index is -0.969. The molecule has 0 bridgehead atoms. The zero-order chi connectivity index (χ0) is 10.1. The molecule has 0 saturated heterocycles. The normalized spacial score (nSPS) is 15.5. The maximum Gasteiger partial charge on any atom is 0.354 e. The van der Waals surface area contributed by atoms with Crippen molar-refractivity contribution >= 4 is 5.97 Å². The van der Waals surface area contributed by atoms with Gasteiger partial charge in [0.05, 0.1) is 0 Å². The lowest BCUT2D eigenvalue weighted by Gasteiger charge is -2.02. The second kappa shape index (κ2) is 3.36. The van der Waals surface area contributed by atoms with Crippen LogP contribution in [-0.4, -0.2) is 21.0 Å². The van der Waals surface area contributed by atoms with Crippen molar-refractivity contribution in [2.75, 3.05) is 0 Å². The fraction of sp³-hybridized carbons (Fsp3) is 0.500. The molecule has 4 heteroatoms. The third kappa shape index (κ3) is 1.73. The van der Waals surface area contributed by atoms with E-state index in [-0.39, 0.29) is 5.69 Å².